The lowest BCUT2D eigenvalue weighted by atomic mass is 10.1. The molecule has 0 radical (unpaired) electrons. The summed E-state index contributed by atoms with van der Waals surface area (Å²) in [5.74, 6) is 0. The molecule has 0 fully saturated rings. The highest BCUT2D eigenvalue weighted by Gasteiger charge is 2.33. The average molecular weight is 357 g/mol. The van der Waals surface area contributed by atoms with Crippen LogP contribution in [0, 0.1) is 20.8 Å². The van der Waals surface area contributed by atoms with Crippen LogP contribution in [0.4, 0.5) is 17.1 Å². The molecule has 0 unspecified atom stereocenters. The van der Waals surface area contributed by atoms with Crippen LogP contribution >= 0.6 is 0 Å². The lowest BCUT2D eigenvalue weighted by Gasteiger charge is -2.29. The molecule has 27 heavy (non-hydrogen) atoms. The molecule has 0 amide bonds. The van der Waals surface area contributed by atoms with Crippen molar-refractivity contribution in [1.82, 2.24) is 4.98 Å². The molecule has 1 atom stereocenters. The number of aryl methyl sites for hydroxylation is 3. The van der Waals surface area contributed by atoms with E-state index in [1.807, 2.05) is 19.2 Å². The van der Waals surface area contributed by atoms with Gasteiger partial charge < -0.3 is 14.2 Å². The molecule has 4 heteroatoms. The summed E-state index contributed by atoms with van der Waals surface area (Å²) in [5, 5.41) is 2.28. The van der Waals surface area contributed by atoms with Gasteiger partial charge in [0.2, 0.25) is 0 Å². The van der Waals surface area contributed by atoms with Gasteiger partial charge in [0.05, 0.1) is 17.1 Å². The Morgan fingerprint density at radius 2 is 1.74 bits per heavy atom. The van der Waals surface area contributed by atoms with Crippen LogP contribution in [0.3, 0.4) is 0 Å². The van der Waals surface area contributed by atoms with E-state index in [0.29, 0.717) is 0 Å². The van der Waals surface area contributed by atoms with Gasteiger partial charge in [-0.15, -0.1) is 0 Å². The van der Waals surface area contributed by atoms with Gasteiger partial charge in [-0.3, -0.25) is 4.98 Å². The van der Waals surface area contributed by atoms with Crippen LogP contribution in [-0.4, -0.2) is 18.2 Å². The first kappa shape index (κ1) is 16.2. The van der Waals surface area contributed by atoms with Gasteiger partial charge in [-0.1, -0.05) is 12.1 Å². The van der Waals surface area contributed by atoms with Crippen molar-refractivity contribution in [2.75, 3.05) is 16.8 Å². The van der Waals surface area contributed by atoms with Crippen LogP contribution < -0.4 is 9.80 Å². The zero-order chi connectivity index (χ0) is 18.9. The Balaban J connectivity index is 1.80. The minimum absolute atomic E-state index is 0.238. The molecule has 0 saturated carbocycles. The van der Waals surface area contributed by atoms with E-state index in [1.165, 1.54) is 28.2 Å². The van der Waals surface area contributed by atoms with E-state index in [2.05, 4.69) is 72.9 Å². The third kappa shape index (κ3) is 2.19. The summed E-state index contributed by atoms with van der Waals surface area (Å²) in [6, 6.07) is 13.1. The maximum Gasteiger partial charge on any atom is 0.156 e. The molecule has 3 heterocycles. The standard InChI is InChI=1S/C23H23N3O/c1-13-6-7-14(2)19(10-13)26-16(4)25(5)20-11-18-17-8-9-24-15(3)23(17)27-22(18)12-21(20)26/h6-12,16H,1-5H3/t16-/m0/s1. The monoisotopic (exact) mass is 357 g/mol. The van der Waals surface area contributed by atoms with E-state index >= 15 is 0 Å². The summed E-state index contributed by atoms with van der Waals surface area (Å²) < 4.78 is 6.21. The van der Waals surface area contributed by atoms with E-state index in [9.17, 15) is 0 Å². The Labute approximate surface area is 159 Å². The lowest BCUT2D eigenvalue weighted by molar-refractivity contribution is 0.662. The molecular formula is C23H23N3O. The van der Waals surface area contributed by atoms with E-state index in [1.54, 1.807) is 0 Å². The third-order valence-corrected chi connectivity index (χ3v) is 5.86. The number of aromatic nitrogens is 1. The molecular weight excluding hydrogens is 334 g/mol. The topological polar surface area (TPSA) is 32.5 Å². The summed E-state index contributed by atoms with van der Waals surface area (Å²) in [6.07, 6.45) is 2.09. The number of pyridine rings is 1. The molecule has 2 aromatic carbocycles. The minimum atomic E-state index is 0.238. The minimum Gasteiger partial charge on any atom is -0.454 e. The van der Waals surface area contributed by atoms with E-state index in [-0.39, 0.29) is 6.17 Å². The second-order valence-electron chi connectivity index (χ2n) is 7.61. The highest BCUT2D eigenvalue weighted by Crippen LogP contribution is 2.47. The zero-order valence-electron chi connectivity index (χ0n) is 16.4. The zero-order valence-corrected chi connectivity index (χ0v) is 16.4. The van der Waals surface area contributed by atoms with E-state index in [0.717, 1.165) is 27.6 Å². The average Bonchev–Trinajstić information content (AvgIpc) is 3.13. The highest BCUT2D eigenvalue weighted by atomic mass is 16.3. The molecule has 5 rings (SSSR count). The Bertz CT molecular complexity index is 1210. The van der Waals surface area contributed by atoms with Crippen LogP contribution in [0.5, 0.6) is 0 Å². The predicted molar refractivity (Wildman–Crippen MR) is 112 cm³/mol. The molecule has 136 valence electrons. The Morgan fingerprint density at radius 1 is 0.926 bits per heavy atom. The van der Waals surface area contributed by atoms with Crippen molar-refractivity contribution in [3.05, 3.63) is 59.4 Å². The van der Waals surface area contributed by atoms with Crippen LogP contribution in [0.1, 0.15) is 23.7 Å². The van der Waals surface area contributed by atoms with Gasteiger partial charge in [-0.2, -0.15) is 0 Å². The van der Waals surface area contributed by atoms with Crippen LogP contribution in [-0.2, 0) is 0 Å². The molecule has 0 N–H and O–H groups in total. The second-order valence-corrected chi connectivity index (χ2v) is 7.61. The van der Waals surface area contributed by atoms with Crippen LogP contribution in [0.2, 0.25) is 0 Å². The van der Waals surface area contributed by atoms with Gasteiger partial charge in [0.25, 0.3) is 0 Å². The molecule has 0 spiro atoms. The second kappa shape index (κ2) is 5.49. The van der Waals surface area contributed by atoms with Gasteiger partial charge in [0, 0.05) is 35.8 Å². The first-order chi connectivity index (χ1) is 13.0. The normalized spacial score (nSPS) is 16.6. The number of anilines is 3. The fourth-order valence-electron chi connectivity index (χ4n) is 4.22. The van der Waals surface area contributed by atoms with Crippen LogP contribution in [0.25, 0.3) is 21.9 Å². The summed E-state index contributed by atoms with van der Waals surface area (Å²) >= 11 is 0. The largest absolute Gasteiger partial charge is 0.454 e. The predicted octanol–water partition coefficient (Wildman–Crippen LogP) is 5.84. The molecule has 0 saturated heterocycles. The number of hydrogen-bond donors (Lipinski definition) is 0. The summed E-state index contributed by atoms with van der Waals surface area (Å²) in [4.78, 5) is 9.13. The van der Waals surface area contributed by atoms with Crippen molar-refractivity contribution in [2.24, 2.45) is 0 Å². The van der Waals surface area contributed by atoms with Gasteiger partial charge >= 0.3 is 0 Å². The van der Waals surface area contributed by atoms with Gasteiger partial charge in [-0.25, -0.2) is 0 Å². The van der Waals surface area contributed by atoms with Crippen LogP contribution in [0.15, 0.2) is 47.0 Å². The lowest BCUT2D eigenvalue weighted by Crippen LogP contribution is -2.35. The Hall–Kier alpha value is -3.01. The molecule has 2 aromatic heterocycles. The number of furan rings is 1. The maximum atomic E-state index is 6.21. The first-order valence-electron chi connectivity index (χ1n) is 9.37. The van der Waals surface area contributed by atoms with Gasteiger partial charge in [0.1, 0.15) is 11.7 Å². The molecule has 0 bridgehead atoms. The molecule has 4 nitrogen and oxygen atoms in total. The number of hydrogen-bond acceptors (Lipinski definition) is 4. The fourth-order valence-corrected chi connectivity index (χ4v) is 4.22. The third-order valence-electron chi connectivity index (χ3n) is 5.86. The number of rotatable bonds is 1. The number of fused-ring (bicyclic) bond motifs is 4. The molecule has 4 aromatic rings. The summed E-state index contributed by atoms with van der Waals surface area (Å²) in [6.45, 7) is 8.56. The maximum absolute atomic E-state index is 6.21. The highest BCUT2D eigenvalue weighted by molar-refractivity contribution is 6.09. The fraction of sp³-hybridized carbons (Fsp3) is 0.261. The molecule has 1 aliphatic rings. The van der Waals surface area contributed by atoms with Gasteiger partial charge in [-0.05, 0) is 57.0 Å². The summed E-state index contributed by atoms with van der Waals surface area (Å²) in [7, 11) is 2.16. The van der Waals surface area contributed by atoms with Crippen molar-refractivity contribution >= 4 is 39.0 Å². The first-order valence-corrected chi connectivity index (χ1v) is 9.37. The number of benzene rings is 2. The van der Waals surface area contributed by atoms with Crippen molar-refractivity contribution < 1.29 is 4.42 Å². The molecule has 0 aliphatic carbocycles. The number of nitrogens with zero attached hydrogens (tertiary/aromatic N) is 3. The van der Waals surface area contributed by atoms with Gasteiger partial charge in [0.15, 0.2) is 5.58 Å². The van der Waals surface area contributed by atoms with Crippen molar-refractivity contribution in [3.63, 3.8) is 0 Å². The molecule has 1 aliphatic heterocycles. The van der Waals surface area contributed by atoms with E-state index in [4.69, 9.17) is 4.42 Å². The SMILES string of the molecule is Cc1ccc(C)c(N2c3cc4oc5c(C)nccc5c4cc3N(C)[C@@H]2C)c1. The quantitative estimate of drug-likeness (QED) is 0.428. The smallest absolute Gasteiger partial charge is 0.156 e. The Kier molecular flexibility index (Phi) is 3.29. The van der Waals surface area contributed by atoms with Crippen molar-refractivity contribution in [2.45, 2.75) is 33.9 Å². The van der Waals surface area contributed by atoms with E-state index < -0.39 is 0 Å². The Morgan fingerprint density at radius 3 is 2.56 bits per heavy atom. The van der Waals surface area contributed by atoms with Crippen molar-refractivity contribution in [3.8, 4) is 0 Å². The van der Waals surface area contributed by atoms with Crippen molar-refractivity contribution in [1.29, 1.82) is 0 Å². The summed E-state index contributed by atoms with van der Waals surface area (Å²) in [5.41, 5.74) is 8.94.